The predicted molar refractivity (Wildman–Crippen MR) is 73.5 cm³/mol. The van der Waals surface area contributed by atoms with Gasteiger partial charge in [0.15, 0.2) is 0 Å². The van der Waals surface area contributed by atoms with Gasteiger partial charge in [-0.25, -0.2) is 0 Å². The van der Waals surface area contributed by atoms with Crippen LogP contribution in [0.25, 0.3) is 11.1 Å². The van der Waals surface area contributed by atoms with E-state index >= 15 is 0 Å². The second-order valence-electron chi connectivity index (χ2n) is 3.97. The van der Waals surface area contributed by atoms with E-state index in [2.05, 4.69) is 5.32 Å². The molecule has 18 heavy (non-hydrogen) atoms. The Morgan fingerprint density at radius 1 is 1.06 bits per heavy atom. The zero-order valence-electron chi connectivity index (χ0n) is 9.93. The van der Waals surface area contributed by atoms with E-state index in [1.165, 1.54) is 0 Å². The fourth-order valence-electron chi connectivity index (χ4n) is 1.83. The van der Waals surface area contributed by atoms with Gasteiger partial charge in [-0.3, -0.25) is 0 Å². The number of anilines is 2. The molecule has 0 saturated carbocycles. The van der Waals surface area contributed by atoms with Crippen LogP contribution in [0.15, 0.2) is 42.5 Å². The summed E-state index contributed by atoms with van der Waals surface area (Å²) >= 11 is 0. The molecule has 0 aliphatic rings. The van der Waals surface area contributed by atoms with Gasteiger partial charge in [0, 0.05) is 29.0 Å². The molecule has 2 aromatic rings. The summed E-state index contributed by atoms with van der Waals surface area (Å²) in [5.74, 6) is 0.204. The summed E-state index contributed by atoms with van der Waals surface area (Å²) in [6, 6.07) is 12.5. The first-order valence-corrected chi connectivity index (χ1v) is 5.75. The van der Waals surface area contributed by atoms with Gasteiger partial charge in [-0.05, 0) is 24.3 Å². The number of aliphatic hydroxyl groups excluding tert-OH is 1. The molecule has 0 heterocycles. The van der Waals surface area contributed by atoms with Crippen LogP contribution in [-0.4, -0.2) is 23.4 Å². The van der Waals surface area contributed by atoms with E-state index in [9.17, 15) is 5.11 Å². The molecular formula is C14H16N2O2. The maximum Gasteiger partial charge on any atom is 0.123 e. The highest BCUT2D eigenvalue weighted by atomic mass is 16.3. The van der Waals surface area contributed by atoms with E-state index in [1.54, 1.807) is 24.3 Å². The van der Waals surface area contributed by atoms with Gasteiger partial charge in [0.2, 0.25) is 0 Å². The third kappa shape index (κ3) is 2.55. The van der Waals surface area contributed by atoms with Crippen LogP contribution in [0.5, 0.6) is 5.75 Å². The molecule has 0 amide bonds. The van der Waals surface area contributed by atoms with Crippen molar-refractivity contribution < 1.29 is 10.2 Å². The van der Waals surface area contributed by atoms with E-state index in [-0.39, 0.29) is 12.4 Å². The molecule has 5 N–H and O–H groups in total. The number of benzene rings is 2. The van der Waals surface area contributed by atoms with Crippen molar-refractivity contribution in [1.29, 1.82) is 0 Å². The minimum atomic E-state index is 0.0462. The molecular weight excluding hydrogens is 228 g/mol. The number of phenolic OH excluding ortho intramolecular Hbond substituents is 1. The Labute approximate surface area is 106 Å². The summed E-state index contributed by atoms with van der Waals surface area (Å²) in [6.07, 6.45) is 0. The Kier molecular flexibility index (Phi) is 3.69. The fourth-order valence-corrected chi connectivity index (χ4v) is 1.83. The lowest BCUT2D eigenvalue weighted by atomic mass is 10.0. The van der Waals surface area contributed by atoms with E-state index in [0.717, 1.165) is 11.3 Å². The van der Waals surface area contributed by atoms with Crippen LogP contribution in [0, 0.1) is 0 Å². The van der Waals surface area contributed by atoms with Crippen LogP contribution in [0.4, 0.5) is 11.4 Å². The highest BCUT2D eigenvalue weighted by Crippen LogP contribution is 2.35. The van der Waals surface area contributed by atoms with Gasteiger partial charge in [0.1, 0.15) is 5.75 Å². The number of aromatic hydroxyl groups is 1. The second-order valence-corrected chi connectivity index (χ2v) is 3.97. The molecule has 0 radical (unpaired) electrons. The van der Waals surface area contributed by atoms with E-state index in [0.29, 0.717) is 17.8 Å². The summed E-state index contributed by atoms with van der Waals surface area (Å²) < 4.78 is 0. The van der Waals surface area contributed by atoms with Gasteiger partial charge in [-0.15, -0.1) is 0 Å². The Bertz CT molecular complexity index is 541. The number of rotatable bonds is 4. The molecule has 0 saturated heterocycles. The molecule has 0 unspecified atom stereocenters. The van der Waals surface area contributed by atoms with Crippen LogP contribution >= 0.6 is 0 Å². The number of hydrogen-bond donors (Lipinski definition) is 4. The maximum atomic E-state index is 9.89. The van der Waals surface area contributed by atoms with E-state index < -0.39 is 0 Å². The lowest BCUT2D eigenvalue weighted by molar-refractivity contribution is 0.311. The first-order valence-electron chi connectivity index (χ1n) is 5.75. The average molecular weight is 244 g/mol. The number of aliphatic hydroxyl groups is 1. The molecule has 0 aromatic heterocycles. The highest BCUT2D eigenvalue weighted by molar-refractivity contribution is 5.83. The van der Waals surface area contributed by atoms with Crippen molar-refractivity contribution in [1.82, 2.24) is 0 Å². The Morgan fingerprint density at radius 2 is 1.83 bits per heavy atom. The number of nitrogens with two attached hydrogens (primary N) is 1. The van der Waals surface area contributed by atoms with E-state index in [1.807, 2.05) is 18.2 Å². The third-order valence-corrected chi connectivity index (χ3v) is 2.67. The van der Waals surface area contributed by atoms with Crippen molar-refractivity contribution >= 4 is 11.4 Å². The first kappa shape index (κ1) is 12.3. The molecule has 94 valence electrons. The summed E-state index contributed by atoms with van der Waals surface area (Å²) in [5.41, 5.74) is 8.78. The summed E-state index contributed by atoms with van der Waals surface area (Å²) in [7, 11) is 0. The Morgan fingerprint density at radius 3 is 2.56 bits per heavy atom. The van der Waals surface area contributed by atoms with Crippen LogP contribution in [0.2, 0.25) is 0 Å². The smallest absolute Gasteiger partial charge is 0.123 e. The van der Waals surface area contributed by atoms with Crippen molar-refractivity contribution in [3.63, 3.8) is 0 Å². The molecule has 0 spiro atoms. The van der Waals surface area contributed by atoms with Crippen molar-refractivity contribution in [2.24, 2.45) is 0 Å². The van der Waals surface area contributed by atoms with Gasteiger partial charge in [-0.1, -0.05) is 18.2 Å². The topological polar surface area (TPSA) is 78.5 Å². The maximum absolute atomic E-state index is 9.89. The molecule has 2 rings (SSSR count). The SMILES string of the molecule is Nc1ccc(NCCO)c(-c2ccccc2O)c1. The van der Waals surface area contributed by atoms with Gasteiger partial charge >= 0.3 is 0 Å². The number of nitrogen functional groups attached to an aromatic ring is 1. The van der Waals surface area contributed by atoms with Crippen molar-refractivity contribution in [3.8, 4) is 16.9 Å². The van der Waals surface area contributed by atoms with Crippen LogP contribution in [0.1, 0.15) is 0 Å². The Hall–Kier alpha value is -2.20. The molecule has 0 atom stereocenters. The number of nitrogens with one attached hydrogen (secondary N) is 1. The summed E-state index contributed by atoms with van der Waals surface area (Å²) in [6.45, 7) is 0.495. The minimum Gasteiger partial charge on any atom is -0.507 e. The molecule has 2 aromatic carbocycles. The van der Waals surface area contributed by atoms with Crippen molar-refractivity contribution in [3.05, 3.63) is 42.5 Å². The van der Waals surface area contributed by atoms with Gasteiger partial charge < -0.3 is 21.3 Å². The zero-order chi connectivity index (χ0) is 13.0. The number of para-hydroxylation sites is 1. The van der Waals surface area contributed by atoms with Crippen LogP contribution in [0.3, 0.4) is 0 Å². The molecule has 0 fully saturated rings. The molecule has 0 bridgehead atoms. The Balaban J connectivity index is 2.48. The van der Waals surface area contributed by atoms with Gasteiger partial charge in [-0.2, -0.15) is 0 Å². The summed E-state index contributed by atoms with van der Waals surface area (Å²) in [4.78, 5) is 0. The lowest BCUT2D eigenvalue weighted by Crippen LogP contribution is -2.06. The largest absolute Gasteiger partial charge is 0.507 e. The van der Waals surface area contributed by atoms with Crippen LogP contribution in [-0.2, 0) is 0 Å². The van der Waals surface area contributed by atoms with Crippen LogP contribution < -0.4 is 11.1 Å². The highest BCUT2D eigenvalue weighted by Gasteiger charge is 2.09. The quantitative estimate of drug-likeness (QED) is 0.621. The molecule has 4 heteroatoms. The van der Waals surface area contributed by atoms with Crippen molar-refractivity contribution in [2.45, 2.75) is 0 Å². The monoisotopic (exact) mass is 244 g/mol. The number of phenols is 1. The summed E-state index contributed by atoms with van der Waals surface area (Å²) in [5, 5.41) is 21.8. The van der Waals surface area contributed by atoms with Gasteiger partial charge in [0.25, 0.3) is 0 Å². The zero-order valence-corrected chi connectivity index (χ0v) is 9.93. The first-order chi connectivity index (χ1) is 8.72. The third-order valence-electron chi connectivity index (χ3n) is 2.67. The number of hydrogen-bond acceptors (Lipinski definition) is 4. The lowest BCUT2D eigenvalue weighted by Gasteiger charge is -2.13. The van der Waals surface area contributed by atoms with Gasteiger partial charge in [0.05, 0.1) is 6.61 Å². The molecule has 0 aliphatic carbocycles. The minimum absolute atomic E-state index is 0.0462. The van der Waals surface area contributed by atoms with E-state index in [4.69, 9.17) is 10.8 Å². The standard InChI is InChI=1S/C14H16N2O2/c15-10-5-6-13(16-7-8-17)12(9-10)11-3-1-2-4-14(11)18/h1-6,9,16-18H,7-8,15H2. The predicted octanol–water partition coefficient (Wildman–Crippen LogP) is 2.05. The molecule has 0 aliphatic heterocycles. The molecule has 4 nitrogen and oxygen atoms in total. The second kappa shape index (κ2) is 5.42. The normalized spacial score (nSPS) is 10.3. The van der Waals surface area contributed by atoms with Crippen molar-refractivity contribution in [2.75, 3.05) is 24.2 Å². The average Bonchev–Trinajstić information content (AvgIpc) is 2.38. The fraction of sp³-hybridized carbons (Fsp3) is 0.143.